The highest BCUT2D eigenvalue weighted by atomic mass is 79.9. The summed E-state index contributed by atoms with van der Waals surface area (Å²) in [5, 5.41) is 1.61. The first-order valence-corrected chi connectivity index (χ1v) is 6.47. The Morgan fingerprint density at radius 2 is 2.36 bits per heavy atom. The molecule has 4 heteroatoms. The van der Waals surface area contributed by atoms with E-state index in [2.05, 4.69) is 20.9 Å². The van der Waals surface area contributed by atoms with Crippen LogP contribution in [0, 0.1) is 0 Å². The number of thioether (sulfide) groups is 1. The Morgan fingerprint density at radius 3 is 3.00 bits per heavy atom. The summed E-state index contributed by atoms with van der Waals surface area (Å²) >= 11 is 5.30. The molecule has 1 saturated carbocycles. The van der Waals surface area contributed by atoms with Gasteiger partial charge in [-0.2, -0.15) is 0 Å². The molecule has 2 unspecified atom stereocenters. The molecular formula is C10H13BrN2S. The molecule has 14 heavy (non-hydrogen) atoms. The van der Waals surface area contributed by atoms with Crippen LogP contribution in [0.5, 0.6) is 0 Å². The van der Waals surface area contributed by atoms with Crippen LogP contribution in [0.3, 0.4) is 0 Å². The first-order chi connectivity index (χ1) is 6.77. The molecule has 1 aromatic heterocycles. The van der Waals surface area contributed by atoms with Crippen molar-refractivity contribution in [2.45, 2.75) is 35.6 Å². The van der Waals surface area contributed by atoms with Crippen molar-refractivity contribution < 1.29 is 0 Å². The maximum Gasteiger partial charge on any atom is 0.110 e. The van der Waals surface area contributed by atoms with Crippen molar-refractivity contribution in [2.24, 2.45) is 5.73 Å². The van der Waals surface area contributed by atoms with Crippen LogP contribution in [0.25, 0.3) is 0 Å². The molecule has 2 rings (SSSR count). The zero-order chi connectivity index (χ0) is 9.97. The number of aromatic nitrogens is 1. The normalized spacial score (nSPS) is 26.7. The summed E-state index contributed by atoms with van der Waals surface area (Å²) in [5.74, 6) is 0. The first-order valence-electron chi connectivity index (χ1n) is 4.80. The average Bonchev–Trinajstić information content (AvgIpc) is 2.56. The van der Waals surface area contributed by atoms with E-state index < -0.39 is 0 Å². The van der Waals surface area contributed by atoms with E-state index in [4.69, 9.17) is 5.73 Å². The van der Waals surface area contributed by atoms with Gasteiger partial charge < -0.3 is 5.73 Å². The highest BCUT2D eigenvalue weighted by molar-refractivity contribution is 9.10. The molecule has 1 fully saturated rings. The minimum absolute atomic E-state index is 0.342. The lowest BCUT2D eigenvalue weighted by Gasteiger charge is -2.14. The summed E-state index contributed by atoms with van der Waals surface area (Å²) in [6.07, 6.45) is 5.45. The Labute approximate surface area is 96.8 Å². The molecule has 0 amide bonds. The molecule has 0 bridgehead atoms. The largest absolute Gasteiger partial charge is 0.327 e. The van der Waals surface area contributed by atoms with E-state index in [1.54, 1.807) is 11.8 Å². The van der Waals surface area contributed by atoms with Crippen LogP contribution >= 0.6 is 27.7 Å². The van der Waals surface area contributed by atoms with Gasteiger partial charge in [-0.15, -0.1) is 11.8 Å². The molecule has 1 aromatic rings. The van der Waals surface area contributed by atoms with Gasteiger partial charge in [0.05, 0.1) is 0 Å². The second-order valence-electron chi connectivity index (χ2n) is 3.54. The van der Waals surface area contributed by atoms with Gasteiger partial charge in [0.25, 0.3) is 0 Å². The van der Waals surface area contributed by atoms with E-state index in [9.17, 15) is 0 Å². The quantitative estimate of drug-likeness (QED) is 0.900. The smallest absolute Gasteiger partial charge is 0.110 e. The summed E-state index contributed by atoms with van der Waals surface area (Å²) in [7, 11) is 0. The first kappa shape index (κ1) is 10.5. The summed E-state index contributed by atoms with van der Waals surface area (Å²) in [6.45, 7) is 0. The second kappa shape index (κ2) is 4.64. The highest BCUT2D eigenvalue weighted by Gasteiger charge is 2.25. The van der Waals surface area contributed by atoms with Crippen molar-refractivity contribution in [1.29, 1.82) is 0 Å². The van der Waals surface area contributed by atoms with Crippen LogP contribution < -0.4 is 5.73 Å². The van der Waals surface area contributed by atoms with Gasteiger partial charge in [0, 0.05) is 22.0 Å². The molecule has 2 atom stereocenters. The lowest BCUT2D eigenvalue weighted by Crippen LogP contribution is -2.26. The van der Waals surface area contributed by atoms with E-state index >= 15 is 0 Å². The Kier molecular flexibility index (Phi) is 3.47. The van der Waals surface area contributed by atoms with Crippen LogP contribution in [-0.4, -0.2) is 16.3 Å². The molecule has 0 saturated heterocycles. The molecular weight excluding hydrogens is 260 g/mol. The van der Waals surface area contributed by atoms with Crippen LogP contribution in [0.2, 0.25) is 0 Å². The number of pyridine rings is 1. The third-order valence-electron chi connectivity index (χ3n) is 2.49. The number of rotatable bonds is 2. The van der Waals surface area contributed by atoms with Crippen molar-refractivity contribution in [3.05, 3.63) is 22.8 Å². The maximum absolute atomic E-state index is 6.01. The summed E-state index contributed by atoms with van der Waals surface area (Å²) < 4.78 is 1.07. The molecule has 1 heterocycles. The number of nitrogens with two attached hydrogens (primary N) is 1. The van der Waals surface area contributed by atoms with Crippen molar-refractivity contribution in [3.63, 3.8) is 0 Å². The lowest BCUT2D eigenvalue weighted by atomic mass is 10.3. The number of hydrogen-bond acceptors (Lipinski definition) is 3. The Balaban J connectivity index is 2.07. The zero-order valence-electron chi connectivity index (χ0n) is 7.82. The van der Waals surface area contributed by atoms with Crippen LogP contribution in [0.4, 0.5) is 0 Å². The van der Waals surface area contributed by atoms with Crippen LogP contribution in [0.15, 0.2) is 27.8 Å². The second-order valence-corrected chi connectivity index (χ2v) is 5.62. The van der Waals surface area contributed by atoms with Crippen LogP contribution in [-0.2, 0) is 0 Å². The molecule has 1 aliphatic rings. The minimum atomic E-state index is 0.342. The van der Waals surface area contributed by atoms with Crippen LogP contribution in [0.1, 0.15) is 19.3 Å². The predicted octanol–water partition coefficient (Wildman–Crippen LogP) is 2.82. The maximum atomic E-state index is 6.01. The number of halogens is 1. The Hall–Kier alpha value is -0.0600. The fraction of sp³-hybridized carbons (Fsp3) is 0.500. The van der Waals surface area contributed by atoms with E-state index in [1.807, 2.05) is 18.3 Å². The van der Waals surface area contributed by atoms with E-state index in [1.165, 1.54) is 12.8 Å². The van der Waals surface area contributed by atoms with Gasteiger partial charge in [0.2, 0.25) is 0 Å². The SMILES string of the molecule is NC1CCCC1Sc1ncccc1Br. The number of hydrogen-bond donors (Lipinski definition) is 1. The standard InChI is InChI=1S/C10H13BrN2S/c11-7-3-2-6-13-10(7)14-9-5-1-4-8(9)12/h2-3,6,8-9H,1,4-5,12H2. The van der Waals surface area contributed by atoms with E-state index in [0.717, 1.165) is 15.9 Å². The average molecular weight is 273 g/mol. The summed E-state index contributed by atoms with van der Waals surface area (Å²) in [6, 6.07) is 4.30. The van der Waals surface area contributed by atoms with Gasteiger partial charge in [-0.3, -0.25) is 0 Å². The number of nitrogens with zero attached hydrogens (tertiary/aromatic N) is 1. The molecule has 76 valence electrons. The van der Waals surface area contributed by atoms with Crippen molar-refractivity contribution >= 4 is 27.7 Å². The fourth-order valence-electron chi connectivity index (χ4n) is 1.70. The highest BCUT2D eigenvalue weighted by Crippen LogP contribution is 2.35. The molecule has 0 spiro atoms. The van der Waals surface area contributed by atoms with Gasteiger partial charge in [-0.05, 0) is 40.9 Å². The van der Waals surface area contributed by atoms with Crippen molar-refractivity contribution in [1.82, 2.24) is 4.98 Å². The van der Waals surface area contributed by atoms with E-state index in [0.29, 0.717) is 11.3 Å². The molecule has 2 N–H and O–H groups in total. The van der Waals surface area contributed by atoms with Gasteiger partial charge in [0.15, 0.2) is 0 Å². The van der Waals surface area contributed by atoms with Gasteiger partial charge >= 0.3 is 0 Å². The minimum Gasteiger partial charge on any atom is -0.327 e. The molecule has 0 aromatic carbocycles. The van der Waals surface area contributed by atoms with Crippen molar-refractivity contribution in [2.75, 3.05) is 0 Å². The predicted molar refractivity (Wildman–Crippen MR) is 63.4 cm³/mol. The van der Waals surface area contributed by atoms with Gasteiger partial charge in [-0.1, -0.05) is 6.42 Å². The third-order valence-corrected chi connectivity index (χ3v) is 4.83. The zero-order valence-corrected chi connectivity index (χ0v) is 10.2. The monoisotopic (exact) mass is 272 g/mol. The molecule has 1 aliphatic carbocycles. The molecule has 0 aliphatic heterocycles. The van der Waals surface area contributed by atoms with E-state index in [-0.39, 0.29) is 0 Å². The fourth-order valence-corrected chi connectivity index (χ4v) is 3.42. The molecule has 0 radical (unpaired) electrons. The van der Waals surface area contributed by atoms with Crippen molar-refractivity contribution in [3.8, 4) is 0 Å². The summed E-state index contributed by atoms with van der Waals surface area (Å²) in [5.41, 5.74) is 6.01. The Bertz CT molecular complexity index is 319. The van der Waals surface area contributed by atoms with Gasteiger partial charge in [0.1, 0.15) is 5.03 Å². The molecule has 2 nitrogen and oxygen atoms in total. The summed E-state index contributed by atoms with van der Waals surface area (Å²) in [4.78, 5) is 4.34. The topological polar surface area (TPSA) is 38.9 Å². The van der Waals surface area contributed by atoms with Gasteiger partial charge in [-0.25, -0.2) is 4.98 Å². The third kappa shape index (κ3) is 2.30. The Morgan fingerprint density at radius 1 is 1.50 bits per heavy atom. The lowest BCUT2D eigenvalue weighted by molar-refractivity contribution is 0.715.